The van der Waals surface area contributed by atoms with Crippen LogP contribution in [0.25, 0.3) is 0 Å². The number of carbonyl (C=O) groups is 4. The van der Waals surface area contributed by atoms with Gasteiger partial charge in [0.05, 0.1) is 24.2 Å². The zero-order valence-electron chi connectivity index (χ0n) is 14.9. The first-order chi connectivity index (χ1) is 11.4. The van der Waals surface area contributed by atoms with E-state index in [2.05, 4.69) is 0 Å². The predicted octanol–water partition coefficient (Wildman–Crippen LogP) is 2.56. The summed E-state index contributed by atoms with van der Waals surface area (Å²) in [5, 5.41) is 34.5. The Morgan fingerprint density at radius 3 is 1.72 bits per heavy atom. The molecule has 1 rings (SSSR count). The van der Waals surface area contributed by atoms with Crippen molar-refractivity contribution in [1.29, 1.82) is 0 Å². The maximum absolute atomic E-state index is 10.5. The SMILES string of the molecule is CC(CC(C)(C)CC(=O)O)C(=O)O.O=C(O)C1CCCC(C(=O)O)C1. The van der Waals surface area contributed by atoms with Crippen LogP contribution in [0.2, 0.25) is 0 Å². The molecular weight excluding hydrogens is 332 g/mol. The Bertz CT molecular complexity index is 477. The van der Waals surface area contributed by atoms with Gasteiger partial charge < -0.3 is 20.4 Å². The number of carboxylic acid groups (broad SMARTS) is 4. The highest BCUT2D eigenvalue weighted by Gasteiger charge is 2.30. The van der Waals surface area contributed by atoms with Crippen molar-refractivity contribution in [3.63, 3.8) is 0 Å². The van der Waals surface area contributed by atoms with Gasteiger partial charge in [-0.3, -0.25) is 19.2 Å². The molecule has 0 aromatic carbocycles. The molecule has 8 heteroatoms. The molecule has 0 heterocycles. The number of carboxylic acids is 4. The van der Waals surface area contributed by atoms with Crippen LogP contribution in [0.5, 0.6) is 0 Å². The van der Waals surface area contributed by atoms with Gasteiger partial charge in [-0.15, -0.1) is 0 Å². The lowest BCUT2D eigenvalue weighted by Gasteiger charge is -2.24. The van der Waals surface area contributed by atoms with Gasteiger partial charge in [-0.05, 0) is 31.1 Å². The maximum Gasteiger partial charge on any atom is 0.306 e. The molecule has 0 radical (unpaired) electrons. The van der Waals surface area contributed by atoms with Crippen molar-refractivity contribution < 1.29 is 39.6 Å². The van der Waals surface area contributed by atoms with E-state index in [1.807, 2.05) is 0 Å². The fourth-order valence-electron chi connectivity index (χ4n) is 3.04. The Hall–Kier alpha value is -2.12. The van der Waals surface area contributed by atoms with Crippen molar-refractivity contribution in [2.75, 3.05) is 0 Å². The average molecular weight is 360 g/mol. The molecule has 0 aliphatic heterocycles. The zero-order valence-corrected chi connectivity index (χ0v) is 14.9. The van der Waals surface area contributed by atoms with Crippen LogP contribution in [0.3, 0.4) is 0 Å². The smallest absolute Gasteiger partial charge is 0.306 e. The minimum Gasteiger partial charge on any atom is -0.481 e. The summed E-state index contributed by atoms with van der Waals surface area (Å²) in [6, 6.07) is 0. The van der Waals surface area contributed by atoms with Crippen LogP contribution < -0.4 is 0 Å². The van der Waals surface area contributed by atoms with E-state index in [4.69, 9.17) is 20.4 Å². The van der Waals surface area contributed by atoms with Crippen molar-refractivity contribution in [3.05, 3.63) is 0 Å². The number of rotatable bonds is 7. The molecule has 1 fully saturated rings. The van der Waals surface area contributed by atoms with E-state index in [0.717, 1.165) is 0 Å². The lowest BCUT2D eigenvalue weighted by molar-refractivity contribution is -0.148. The monoisotopic (exact) mass is 360 g/mol. The third kappa shape index (κ3) is 9.69. The maximum atomic E-state index is 10.5. The molecule has 144 valence electrons. The van der Waals surface area contributed by atoms with Crippen LogP contribution in [0.1, 0.15) is 59.3 Å². The molecular formula is C17H28O8. The van der Waals surface area contributed by atoms with Crippen LogP contribution in [0.4, 0.5) is 0 Å². The summed E-state index contributed by atoms with van der Waals surface area (Å²) in [7, 11) is 0. The van der Waals surface area contributed by atoms with Gasteiger partial charge in [0.1, 0.15) is 0 Å². The highest BCUT2D eigenvalue weighted by molar-refractivity contribution is 5.74. The second kappa shape index (κ2) is 10.0. The second-order valence-electron chi connectivity index (χ2n) is 7.42. The Morgan fingerprint density at radius 2 is 1.40 bits per heavy atom. The van der Waals surface area contributed by atoms with Crippen LogP contribution in [0, 0.1) is 23.2 Å². The quantitative estimate of drug-likeness (QED) is 0.541. The van der Waals surface area contributed by atoms with E-state index in [0.29, 0.717) is 32.1 Å². The van der Waals surface area contributed by atoms with E-state index in [9.17, 15) is 19.2 Å². The lowest BCUT2D eigenvalue weighted by Crippen LogP contribution is -2.26. The van der Waals surface area contributed by atoms with Gasteiger partial charge in [0.15, 0.2) is 0 Å². The molecule has 3 unspecified atom stereocenters. The lowest BCUT2D eigenvalue weighted by atomic mass is 9.81. The van der Waals surface area contributed by atoms with Gasteiger partial charge in [0.25, 0.3) is 0 Å². The summed E-state index contributed by atoms with van der Waals surface area (Å²) in [5.41, 5.74) is -0.455. The largest absolute Gasteiger partial charge is 0.481 e. The molecule has 0 aromatic rings. The zero-order chi connectivity index (χ0) is 19.8. The number of aliphatic carboxylic acids is 4. The molecule has 0 aromatic heterocycles. The fraction of sp³-hybridized carbons (Fsp3) is 0.765. The Morgan fingerprint density at radius 1 is 0.960 bits per heavy atom. The molecule has 8 nitrogen and oxygen atoms in total. The molecule has 0 bridgehead atoms. The first kappa shape index (κ1) is 22.9. The minimum atomic E-state index is -0.886. The molecule has 3 atom stereocenters. The van der Waals surface area contributed by atoms with Crippen LogP contribution in [0.15, 0.2) is 0 Å². The third-order valence-electron chi connectivity index (χ3n) is 4.28. The summed E-state index contributed by atoms with van der Waals surface area (Å²) in [6.07, 6.45) is 2.65. The van der Waals surface area contributed by atoms with Crippen LogP contribution >= 0.6 is 0 Å². The second-order valence-corrected chi connectivity index (χ2v) is 7.42. The molecule has 0 amide bonds. The highest BCUT2D eigenvalue weighted by atomic mass is 16.4. The van der Waals surface area contributed by atoms with Gasteiger partial charge in [0, 0.05) is 0 Å². The first-order valence-corrected chi connectivity index (χ1v) is 8.26. The summed E-state index contributed by atoms with van der Waals surface area (Å²) in [4.78, 5) is 42.0. The normalized spacial score (nSPS) is 21.4. The minimum absolute atomic E-state index is 0.00458. The molecule has 1 aliphatic carbocycles. The highest BCUT2D eigenvalue weighted by Crippen LogP contribution is 2.30. The first-order valence-electron chi connectivity index (χ1n) is 8.26. The van der Waals surface area contributed by atoms with Crippen LogP contribution in [-0.2, 0) is 19.2 Å². The van der Waals surface area contributed by atoms with Crippen LogP contribution in [-0.4, -0.2) is 44.3 Å². The molecule has 1 saturated carbocycles. The van der Waals surface area contributed by atoms with E-state index in [1.165, 1.54) is 0 Å². The van der Waals surface area contributed by atoms with Gasteiger partial charge in [-0.1, -0.05) is 27.2 Å². The van der Waals surface area contributed by atoms with Crippen molar-refractivity contribution in [2.45, 2.75) is 59.3 Å². The van der Waals surface area contributed by atoms with Crippen molar-refractivity contribution in [2.24, 2.45) is 23.2 Å². The molecule has 0 spiro atoms. The van der Waals surface area contributed by atoms with E-state index >= 15 is 0 Å². The Labute approximate surface area is 146 Å². The number of hydrogen-bond acceptors (Lipinski definition) is 4. The van der Waals surface area contributed by atoms with Crippen molar-refractivity contribution in [3.8, 4) is 0 Å². The standard InChI is InChI=1S/C9H16O4.C8H12O4/c1-6(8(12)13)4-9(2,3)5-7(10)11;9-7(10)5-2-1-3-6(4-5)8(11)12/h6H,4-5H2,1-3H3,(H,10,11)(H,12,13);5-6H,1-4H2,(H,9,10)(H,11,12). The average Bonchev–Trinajstić information content (AvgIpc) is 2.45. The number of hydrogen-bond donors (Lipinski definition) is 4. The predicted molar refractivity (Wildman–Crippen MR) is 88.2 cm³/mol. The molecule has 25 heavy (non-hydrogen) atoms. The van der Waals surface area contributed by atoms with E-state index < -0.39 is 47.0 Å². The van der Waals surface area contributed by atoms with Gasteiger partial charge in [0.2, 0.25) is 0 Å². The van der Waals surface area contributed by atoms with E-state index in [-0.39, 0.29) is 6.42 Å². The third-order valence-corrected chi connectivity index (χ3v) is 4.28. The molecule has 4 N–H and O–H groups in total. The topological polar surface area (TPSA) is 149 Å². The summed E-state index contributed by atoms with van der Waals surface area (Å²) in [5.74, 6) is -4.86. The van der Waals surface area contributed by atoms with Gasteiger partial charge >= 0.3 is 23.9 Å². The molecule has 1 aliphatic rings. The van der Waals surface area contributed by atoms with Gasteiger partial charge in [-0.25, -0.2) is 0 Å². The Balaban J connectivity index is 0.000000462. The van der Waals surface area contributed by atoms with Crippen molar-refractivity contribution >= 4 is 23.9 Å². The summed E-state index contributed by atoms with van der Waals surface area (Å²) < 4.78 is 0. The summed E-state index contributed by atoms with van der Waals surface area (Å²) in [6.45, 7) is 5.12. The Kier molecular flexibility index (Phi) is 9.16. The summed E-state index contributed by atoms with van der Waals surface area (Å²) >= 11 is 0. The van der Waals surface area contributed by atoms with Gasteiger partial charge in [-0.2, -0.15) is 0 Å². The fourth-order valence-corrected chi connectivity index (χ4v) is 3.04. The molecule has 0 saturated heterocycles. The van der Waals surface area contributed by atoms with Crippen molar-refractivity contribution in [1.82, 2.24) is 0 Å². The van der Waals surface area contributed by atoms with E-state index in [1.54, 1.807) is 20.8 Å².